The Bertz CT molecular complexity index is 247. The van der Waals surface area contributed by atoms with Crippen molar-refractivity contribution in [2.45, 2.75) is 13.0 Å². The summed E-state index contributed by atoms with van der Waals surface area (Å²) < 4.78 is 4.56. The number of hydrogen-bond acceptors (Lipinski definition) is 5. The minimum absolute atomic E-state index is 0. The first kappa shape index (κ1) is 15.5. The van der Waals surface area contributed by atoms with Crippen LogP contribution in [0.25, 0.3) is 0 Å². The van der Waals surface area contributed by atoms with E-state index in [1.54, 1.807) is 18.7 Å². The van der Waals surface area contributed by atoms with Gasteiger partial charge in [-0.15, -0.1) is 24.2 Å². The van der Waals surface area contributed by atoms with Crippen molar-refractivity contribution in [2.75, 3.05) is 25.3 Å². The molecule has 0 aromatic rings. The molecule has 0 aromatic carbocycles. The van der Waals surface area contributed by atoms with Gasteiger partial charge in [0, 0.05) is 18.2 Å². The second kappa shape index (κ2) is 7.76. The molecule has 1 fully saturated rings. The third-order valence-corrected chi connectivity index (χ3v) is 3.16. The van der Waals surface area contributed by atoms with Crippen molar-refractivity contribution < 1.29 is 14.3 Å². The summed E-state index contributed by atoms with van der Waals surface area (Å²) in [5.41, 5.74) is 0. The fourth-order valence-corrected chi connectivity index (χ4v) is 2.17. The lowest BCUT2D eigenvalue weighted by molar-refractivity contribution is -0.144. The highest BCUT2D eigenvalue weighted by molar-refractivity contribution is 7.99. The van der Waals surface area contributed by atoms with Crippen molar-refractivity contribution in [1.82, 2.24) is 10.6 Å². The van der Waals surface area contributed by atoms with E-state index in [1.807, 2.05) is 0 Å². The number of halogens is 1. The fourth-order valence-electron chi connectivity index (χ4n) is 1.23. The molecular weight excluding hydrogens is 252 g/mol. The molecule has 5 nitrogen and oxygen atoms in total. The van der Waals surface area contributed by atoms with Gasteiger partial charge in [0.05, 0.1) is 19.1 Å². The number of nitrogens with one attached hydrogen (secondary N) is 2. The van der Waals surface area contributed by atoms with Crippen LogP contribution in [0.2, 0.25) is 0 Å². The highest BCUT2D eigenvalue weighted by Crippen LogP contribution is 2.09. The first-order valence-corrected chi connectivity index (χ1v) is 5.97. The molecule has 16 heavy (non-hydrogen) atoms. The van der Waals surface area contributed by atoms with E-state index in [-0.39, 0.29) is 36.2 Å². The van der Waals surface area contributed by atoms with Gasteiger partial charge in [-0.1, -0.05) is 6.92 Å². The van der Waals surface area contributed by atoms with Gasteiger partial charge in [0.2, 0.25) is 5.91 Å². The van der Waals surface area contributed by atoms with E-state index in [2.05, 4.69) is 15.4 Å². The molecule has 0 aliphatic carbocycles. The van der Waals surface area contributed by atoms with E-state index in [9.17, 15) is 9.59 Å². The van der Waals surface area contributed by atoms with Crippen molar-refractivity contribution in [3.63, 3.8) is 0 Å². The quantitative estimate of drug-likeness (QED) is 0.703. The number of carbonyl (C=O) groups is 2. The Balaban J connectivity index is 0.00000225. The van der Waals surface area contributed by atoms with Gasteiger partial charge in [0.1, 0.15) is 0 Å². The van der Waals surface area contributed by atoms with Gasteiger partial charge < -0.3 is 10.1 Å². The highest BCUT2D eigenvalue weighted by atomic mass is 35.5. The highest BCUT2D eigenvalue weighted by Gasteiger charge is 2.23. The van der Waals surface area contributed by atoms with Crippen molar-refractivity contribution in [3.8, 4) is 0 Å². The summed E-state index contributed by atoms with van der Waals surface area (Å²) in [7, 11) is 1.34. The van der Waals surface area contributed by atoms with Crippen LogP contribution in [0.3, 0.4) is 0 Å². The molecule has 1 saturated heterocycles. The first-order valence-electron chi connectivity index (χ1n) is 4.81. The predicted molar refractivity (Wildman–Crippen MR) is 65.7 cm³/mol. The Morgan fingerprint density at radius 2 is 2.31 bits per heavy atom. The van der Waals surface area contributed by atoms with Crippen LogP contribution in [-0.2, 0) is 14.3 Å². The van der Waals surface area contributed by atoms with Gasteiger partial charge >= 0.3 is 5.97 Å². The van der Waals surface area contributed by atoms with E-state index in [4.69, 9.17) is 0 Å². The number of carbonyl (C=O) groups excluding carboxylic acids is 2. The minimum Gasteiger partial charge on any atom is -0.469 e. The SMILES string of the molecule is COC(=O)C(C)CNC(=O)[C@H]1CSCN1.Cl. The standard InChI is InChI=1S/C9H16N2O3S.ClH/c1-6(9(13)14-2)3-10-8(12)7-4-15-5-11-7;/h6-7,11H,3-5H2,1-2H3,(H,10,12);1H/t6?,7-;/m1./s1. The van der Waals surface area contributed by atoms with E-state index in [1.165, 1.54) is 7.11 Å². The van der Waals surface area contributed by atoms with Gasteiger partial charge in [-0.3, -0.25) is 14.9 Å². The monoisotopic (exact) mass is 268 g/mol. The lowest BCUT2D eigenvalue weighted by Gasteiger charge is -2.13. The summed E-state index contributed by atoms with van der Waals surface area (Å²) in [6.07, 6.45) is 0. The van der Waals surface area contributed by atoms with Gasteiger partial charge in [0.25, 0.3) is 0 Å². The molecule has 0 aromatic heterocycles. The molecule has 0 saturated carbocycles. The molecule has 2 N–H and O–H groups in total. The molecule has 0 radical (unpaired) electrons. The fraction of sp³-hybridized carbons (Fsp3) is 0.778. The zero-order valence-electron chi connectivity index (χ0n) is 9.32. The Morgan fingerprint density at radius 3 is 2.81 bits per heavy atom. The number of amides is 1. The largest absolute Gasteiger partial charge is 0.469 e. The average molecular weight is 269 g/mol. The van der Waals surface area contributed by atoms with Crippen LogP contribution in [-0.4, -0.2) is 43.2 Å². The maximum Gasteiger partial charge on any atom is 0.310 e. The minimum atomic E-state index is -0.302. The molecule has 1 aliphatic rings. The molecule has 1 amide bonds. The molecule has 94 valence electrons. The molecule has 2 atom stereocenters. The lowest BCUT2D eigenvalue weighted by atomic mass is 10.2. The van der Waals surface area contributed by atoms with Gasteiger partial charge in [-0.05, 0) is 0 Å². The van der Waals surface area contributed by atoms with Crippen molar-refractivity contribution in [2.24, 2.45) is 5.92 Å². The Labute approximate surface area is 105 Å². The Hall–Kier alpha value is -0.460. The predicted octanol–water partition coefficient (Wildman–Crippen LogP) is -0.00400. The summed E-state index contributed by atoms with van der Waals surface area (Å²) in [5, 5.41) is 5.78. The van der Waals surface area contributed by atoms with Crippen molar-refractivity contribution in [3.05, 3.63) is 0 Å². The van der Waals surface area contributed by atoms with Gasteiger partial charge in [-0.2, -0.15) is 0 Å². The van der Waals surface area contributed by atoms with Crippen molar-refractivity contribution >= 4 is 36.0 Å². The van der Waals surface area contributed by atoms with E-state index < -0.39 is 0 Å². The molecular formula is C9H17ClN2O3S. The molecule has 1 heterocycles. The maximum absolute atomic E-state index is 11.5. The molecule has 1 rings (SSSR count). The van der Waals surface area contributed by atoms with Crippen molar-refractivity contribution in [1.29, 1.82) is 0 Å². The van der Waals surface area contributed by atoms with Crippen LogP contribution in [0.1, 0.15) is 6.92 Å². The number of rotatable bonds is 4. The lowest BCUT2D eigenvalue weighted by Crippen LogP contribution is -2.44. The number of thioether (sulfide) groups is 1. The van der Waals surface area contributed by atoms with Crippen LogP contribution in [0.5, 0.6) is 0 Å². The molecule has 0 spiro atoms. The third-order valence-electron chi connectivity index (χ3n) is 2.22. The number of esters is 1. The van der Waals surface area contributed by atoms with Crippen LogP contribution >= 0.6 is 24.2 Å². The number of hydrogen-bond donors (Lipinski definition) is 2. The van der Waals surface area contributed by atoms with Crippen LogP contribution in [0.4, 0.5) is 0 Å². The Morgan fingerprint density at radius 1 is 1.62 bits per heavy atom. The Kier molecular flexibility index (Phi) is 7.53. The second-order valence-corrected chi connectivity index (χ2v) is 4.47. The topological polar surface area (TPSA) is 67.4 Å². The van der Waals surface area contributed by atoms with E-state index >= 15 is 0 Å². The summed E-state index contributed by atoms with van der Waals surface area (Å²) in [6, 6.07) is -0.125. The zero-order valence-corrected chi connectivity index (χ0v) is 11.0. The molecule has 1 unspecified atom stereocenters. The zero-order chi connectivity index (χ0) is 11.3. The molecule has 0 bridgehead atoms. The van der Waals surface area contributed by atoms with Crippen LogP contribution in [0.15, 0.2) is 0 Å². The van der Waals surface area contributed by atoms with E-state index in [0.29, 0.717) is 6.54 Å². The molecule has 1 aliphatic heterocycles. The summed E-state index contributed by atoms with van der Waals surface area (Å²) in [6.45, 7) is 2.05. The maximum atomic E-state index is 11.5. The number of ether oxygens (including phenoxy) is 1. The first-order chi connectivity index (χ1) is 7.15. The smallest absolute Gasteiger partial charge is 0.310 e. The van der Waals surface area contributed by atoms with Gasteiger partial charge in [-0.25, -0.2) is 0 Å². The normalized spacial score (nSPS) is 20.8. The summed E-state index contributed by atoms with van der Waals surface area (Å²) in [5.74, 6) is 0.955. The van der Waals surface area contributed by atoms with Gasteiger partial charge in [0.15, 0.2) is 0 Å². The van der Waals surface area contributed by atoms with E-state index in [0.717, 1.165) is 11.6 Å². The second-order valence-electron chi connectivity index (χ2n) is 3.44. The summed E-state index contributed by atoms with van der Waals surface area (Å²) >= 11 is 1.69. The third kappa shape index (κ3) is 4.59. The number of methoxy groups -OCH3 is 1. The molecule has 7 heteroatoms. The van der Waals surface area contributed by atoms with Crippen LogP contribution < -0.4 is 10.6 Å². The average Bonchev–Trinajstić information content (AvgIpc) is 2.77. The summed E-state index contributed by atoms with van der Waals surface area (Å²) in [4.78, 5) is 22.6. The van der Waals surface area contributed by atoms with Crippen LogP contribution in [0, 0.1) is 5.92 Å².